The number of thiophene rings is 1. The number of aliphatic hydroxyl groups excluding tert-OH is 1. The summed E-state index contributed by atoms with van der Waals surface area (Å²) in [5, 5.41) is 21.5. The lowest BCUT2D eigenvalue weighted by Gasteiger charge is -2.45. The largest absolute Gasteiger partial charge is 0.388 e. The van der Waals surface area contributed by atoms with Crippen LogP contribution in [0, 0.1) is 10.1 Å². The molecule has 0 aromatic carbocycles. The zero-order chi connectivity index (χ0) is 15.1. The summed E-state index contributed by atoms with van der Waals surface area (Å²) in [5.41, 5.74) is 0.0763. The zero-order valence-electron chi connectivity index (χ0n) is 12.3. The number of aliphatic hydroxyl groups is 1. The minimum atomic E-state index is -0.673. The molecule has 1 aliphatic rings. The Morgan fingerprint density at radius 2 is 2.15 bits per heavy atom. The van der Waals surface area contributed by atoms with Crippen molar-refractivity contribution in [1.82, 2.24) is 4.90 Å². The average molecular weight is 299 g/mol. The van der Waals surface area contributed by atoms with E-state index in [-0.39, 0.29) is 16.1 Å². The van der Waals surface area contributed by atoms with Gasteiger partial charge >= 0.3 is 5.69 Å². The third-order valence-corrected chi connectivity index (χ3v) is 5.28. The van der Waals surface area contributed by atoms with Gasteiger partial charge in [-0.15, -0.1) is 11.3 Å². The molecule has 1 aromatic heterocycles. The molecule has 2 heterocycles. The van der Waals surface area contributed by atoms with E-state index in [1.165, 1.54) is 17.4 Å². The van der Waals surface area contributed by atoms with Gasteiger partial charge in [0.05, 0.1) is 11.0 Å². The summed E-state index contributed by atoms with van der Waals surface area (Å²) >= 11 is 1.32. The third kappa shape index (κ3) is 2.79. The quantitative estimate of drug-likeness (QED) is 0.684. The molecule has 1 atom stereocenters. The molecule has 0 aliphatic carbocycles. The SMILES string of the molecule is CC(O)c1cc([N+](=O)[O-])c(N2CCN(C)C(C)(C)C2)s1. The summed E-state index contributed by atoms with van der Waals surface area (Å²) in [7, 11) is 2.07. The molecule has 112 valence electrons. The molecule has 1 unspecified atom stereocenters. The van der Waals surface area contributed by atoms with Crippen molar-refractivity contribution in [2.45, 2.75) is 32.4 Å². The van der Waals surface area contributed by atoms with Crippen LogP contribution in [-0.4, -0.2) is 47.2 Å². The summed E-state index contributed by atoms with van der Waals surface area (Å²) in [6.45, 7) is 8.27. The van der Waals surface area contributed by atoms with Crippen LogP contribution in [0.3, 0.4) is 0 Å². The van der Waals surface area contributed by atoms with Crippen molar-refractivity contribution in [1.29, 1.82) is 0 Å². The predicted octanol–water partition coefficient (Wildman–Crippen LogP) is 2.24. The molecule has 6 nitrogen and oxygen atoms in total. The van der Waals surface area contributed by atoms with Gasteiger partial charge in [-0.2, -0.15) is 0 Å². The van der Waals surface area contributed by atoms with Crippen molar-refractivity contribution in [3.8, 4) is 0 Å². The fourth-order valence-corrected chi connectivity index (χ4v) is 3.45. The van der Waals surface area contributed by atoms with Crippen molar-refractivity contribution in [3.63, 3.8) is 0 Å². The molecule has 1 aliphatic heterocycles. The molecule has 0 spiro atoms. The second-order valence-electron chi connectivity index (χ2n) is 5.93. The number of nitrogens with zero attached hydrogens (tertiary/aromatic N) is 3. The first-order chi connectivity index (χ1) is 9.22. The summed E-state index contributed by atoms with van der Waals surface area (Å²) in [4.78, 5) is 15.8. The lowest BCUT2D eigenvalue weighted by Crippen LogP contribution is -2.57. The molecule has 0 radical (unpaired) electrons. The van der Waals surface area contributed by atoms with Crippen LogP contribution >= 0.6 is 11.3 Å². The number of piperazine rings is 1. The number of anilines is 1. The van der Waals surface area contributed by atoms with E-state index in [1.807, 2.05) is 0 Å². The van der Waals surface area contributed by atoms with Crippen LogP contribution in [-0.2, 0) is 0 Å². The highest BCUT2D eigenvalue weighted by Gasteiger charge is 2.35. The van der Waals surface area contributed by atoms with E-state index in [1.54, 1.807) is 6.92 Å². The van der Waals surface area contributed by atoms with E-state index in [0.29, 0.717) is 9.88 Å². The fourth-order valence-electron chi connectivity index (χ4n) is 2.37. The van der Waals surface area contributed by atoms with E-state index in [0.717, 1.165) is 19.6 Å². The van der Waals surface area contributed by atoms with Crippen molar-refractivity contribution in [2.75, 3.05) is 31.6 Å². The lowest BCUT2D eigenvalue weighted by molar-refractivity contribution is -0.383. The molecular formula is C13H21N3O3S. The molecule has 7 heteroatoms. The maximum Gasteiger partial charge on any atom is 0.304 e. The van der Waals surface area contributed by atoms with Gasteiger partial charge in [0, 0.05) is 36.1 Å². The highest BCUT2D eigenvalue weighted by atomic mass is 32.1. The van der Waals surface area contributed by atoms with Gasteiger partial charge in [0.15, 0.2) is 5.00 Å². The van der Waals surface area contributed by atoms with Gasteiger partial charge in [0.2, 0.25) is 0 Å². The number of rotatable bonds is 3. The minimum Gasteiger partial charge on any atom is -0.388 e. The van der Waals surface area contributed by atoms with Gasteiger partial charge in [0.1, 0.15) is 0 Å². The Morgan fingerprint density at radius 3 is 2.65 bits per heavy atom. The average Bonchev–Trinajstić information content (AvgIpc) is 2.77. The zero-order valence-corrected chi connectivity index (χ0v) is 13.1. The number of nitro groups is 1. The maximum atomic E-state index is 11.2. The smallest absolute Gasteiger partial charge is 0.304 e. The van der Waals surface area contributed by atoms with Crippen LogP contribution in [0.5, 0.6) is 0 Å². The topological polar surface area (TPSA) is 69.8 Å². The predicted molar refractivity (Wildman–Crippen MR) is 80.5 cm³/mol. The van der Waals surface area contributed by atoms with Crippen molar-refractivity contribution in [2.24, 2.45) is 0 Å². The van der Waals surface area contributed by atoms with Gasteiger partial charge in [-0.1, -0.05) is 0 Å². The molecule has 1 aromatic rings. The van der Waals surface area contributed by atoms with E-state index in [9.17, 15) is 15.2 Å². The standard InChI is InChI=1S/C13H21N3O3S/c1-9(17)11-7-10(16(18)19)12(20-11)15-6-5-14(4)13(2,3)8-15/h7,9,17H,5-6,8H2,1-4H3. The third-order valence-electron chi connectivity index (χ3n) is 3.92. The Hall–Kier alpha value is -1.18. The van der Waals surface area contributed by atoms with Crippen LogP contribution in [0.4, 0.5) is 10.7 Å². The molecule has 0 amide bonds. The van der Waals surface area contributed by atoms with E-state index in [4.69, 9.17) is 0 Å². The fraction of sp³-hybridized carbons (Fsp3) is 0.692. The summed E-state index contributed by atoms with van der Waals surface area (Å²) in [6.07, 6.45) is -0.673. The second-order valence-corrected chi connectivity index (χ2v) is 6.99. The van der Waals surface area contributed by atoms with Crippen molar-refractivity contribution >= 4 is 22.0 Å². The normalized spacial score (nSPS) is 20.9. The molecule has 2 rings (SSSR count). The van der Waals surface area contributed by atoms with Crippen LogP contribution in [0.25, 0.3) is 0 Å². The van der Waals surface area contributed by atoms with E-state index < -0.39 is 6.10 Å². The Bertz CT molecular complexity index is 513. The Balaban J connectivity index is 2.34. The van der Waals surface area contributed by atoms with Crippen LogP contribution in [0.1, 0.15) is 31.8 Å². The van der Waals surface area contributed by atoms with Gasteiger partial charge in [0.25, 0.3) is 0 Å². The maximum absolute atomic E-state index is 11.2. The monoisotopic (exact) mass is 299 g/mol. The van der Waals surface area contributed by atoms with Gasteiger partial charge < -0.3 is 10.0 Å². The highest BCUT2D eigenvalue weighted by molar-refractivity contribution is 7.16. The highest BCUT2D eigenvalue weighted by Crippen LogP contribution is 2.41. The molecule has 1 N–H and O–H groups in total. The molecule has 1 fully saturated rings. The summed E-state index contributed by atoms with van der Waals surface area (Å²) in [5.74, 6) is 0. The molecule has 1 saturated heterocycles. The van der Waals surface area contributed by atoms with E-state index >= 15 is 0 Å². The Morgan fingerprint density at radius 1 is 1.50 bits per heavy atom. The summed E-state index contributed by atoms with van der Waals surface area (Å²) in [6, 6.07) is 1.50. The van der Waals surface area contributed by atoms with Crippen LogP contribution in [0.2, 0.25) is 0 Å². The van der Waals surface area contributed by atoms with Crippen LogP contribution < -0.4 is 4.90 Å². The second kappa shape index (κ2) is 5.31. The molecular weight excluding hydrogens is 278 g/mol. The first kappa shape index (κ1) is 15.2. The van der Waals surface area contributed by atoms with Crippen LogP contribution in [0.15, 0.2) is 6.07 Å². The van der Waals surface area contributed by atoms with Crippen molar-refractivity contribution < 1.29 is 10.0 Å². The first-order valence-corrected chi connectivity index (χ1v) is 7.46. The molecule has 20 heavy (non-hydrogen) atoms. The lowest BCUT2D eigenvalue weighted by atomic mass is 10.00. The van der Waals surface area contributed by atoms with Crippen molar-refractivity contribution in [3.05, 3.63) is 21.1 Å². The van der Waals surface area contributed by atoms with Gasteiger partial charge in [-0.05, 0) is 27.8 Å². The molecule has 0 saturated carbocycles. The first-order valence-electron chi connectivity index (χ1n) is 6.65. The molecule has 0 bridgehead atoms. The number of hydrogen-bond acceptors (Lipinski definition) is 6. The number of hydrogen-bond donors (Lipinski definition) is 1. The minimum absolute atomic E-state index is 0.0267. The van der Waals surface area contributed by atoms with Gasteiger partial charge in [-0.25, -0.2) is 0 Å². The van der Waals surface area contributed by atoms with Gasteiger partial charge in [-0.3, -0.25) is 15.0 Å². The Labute approximate surface area is 122 Å². The summed E-state index contributed by atoms with van der Waals surface area (Å²) < 4.78 is 0. The number of likely N-dealkylation sites (N-methyl/N-ethyl adjacent to an activating group) is 1. The Kier molecular flexibility index (Phi) is 4.04. The van der Waals surface area contributed by atoms with E-state index in [2.05, 4.69) is 30.7 Å².